The van der Waals surface area contributed by atoms with Crippen molar-refractivity contribution < 1.29 is 19.1 Å². The van der Waals surface area contributed by atoms with E-state index in [4.69, 9.17) is 21.1 Å². The van der Waals surface area contributed by atoms with Crippen LogP contribution in [0.2, 0.25) is 5.02 Å². The molecule has 0 unspecified atom stereocenters. The number of amides is 2. The fraction of sp³-hybridized carbons (Fsp3) is 0.125. The molecule has 0 saturated heterocycles. The summed E-state index contributed by atoms with van der Waals surface area (Å²) in [5.74, 6) is -0.618. The van der Waals surface area contributed by atoms with Gasteiger partial charge in [0.1, 0.15) is 6.61 Å². The number of carbonyl (C=O) groups excluding carboxylic acids is 2. The molecule has 0 aliphatic rings. The molecular weight excluding hydrogens is 430 g/mol. The Kier molecular flexibility index (Phi) is 7.83. The zero-order chi connectivity index (χ0) is 22.9. The van der Waals surface area contributed by atoms with Crippen LogP contribution < -0.4 is 20.2 Å². The highest BCUT2D eigenvalue weighted by atomic mass is 35.5. The summed E-state index contributed by atoms with van der Waals surface area (Å²) in [4.78, 5) is 24.0. The minimum atomic E-state index is -0.876. The van der Waals surface area contributed by atoms with Crippen molar-refractivity contribution >= 4 is 35.3 Å². The summed E-state index contributed by atoms with van der Waals surface area (Å²) >= 11 is 5.89. The summed E-state index contributed by atoms with van der Waals surface area (Å²) in [5, 5.41) is 7.05. The molecule has 164 valence electrons. The first-order valence-corrected chi connectivity index (χ1v) is 10.1. The molecule has 2 amide bonds. The molecule has 0 atom stereocenters. The van der Waals surface area contributed by atoms with Crippen LogP contribution in [0.15, 0.2) is 71.8 Å². The molecule has 0 aliphatic heterocycles. The molecule has 2 N–H and O–H groups in total. The van der Waals surface area contributed by atoms with Crippen LogP contribution in [0.3, 0.4) is 0 Å². The summed E-state index contributed by atoms with van der Waals surface area (Å²) in [6.45, 7) is 2.19. The second kappa shape index (κ2) is 11.0. The molecule has 0 saturated carbocycles. The van der Waals surface area contributed by atoms with Crippen molar-refractivity contribution in [2.75, 3.05) is 12.4 Å². The Hall–Kier alpha value is -3.84. The van der Waals surface area contributed by atoms with Crippen LogP contribution in [-0.4, -0.2) is 25.1 Å². The van der Waals surface area contributed by atoms with Crippen molar-refractivity contribution in [1.29, 1.82) is 0 Å². The van der Waals surface area contributed by atoms with E-state index in [0.29, 0.717) is 34.4 Å². The first-order chi connectivity index (χ1) is 15.5. The molecule has 8 heteroatoms. The molecule has 3 rings (SSSR count). The number of rotatable bonds is 7. The molecule has 0 heterocycles. The van der Waals surface area contributed by atoms with E-state index >= 15 is 0 Å². The standard InChI is InChI=1S/C24H22ClN3O4/c1-16-5-3-4-6-20(16)27-23(29)24(30)28-26-14-18-9-12-21(22(13-18)31-2)32-15-17-7-10-19(25)11-8-17/h3-14H,15H2,1-2H3,(H,27,29)(H,28,30). The third-order valence-electron chi connectivity index (χ3n) is 4.47. The summed E-state index contributed by atoms with van der Waals surface area (Å²) in [7, 11) is 1.53. The average Bonchev–Trinajstić information content (AvgIpc) is 2.80. The summed E-state index contributed by atoms with van der Waals surface area (Å²) in [5.41, 5.74) is 5.24. The van der Waals surface area contributed by atoms with Gasteiger partial charge in [0.2, 0.25) is 0 Å². The number of halogens is 1. The normalized spacial score (nSPS) is 10.6. The fourth-order valence-electron chi connectivity index (χ4n) is 2.73. The van der Waals surface area contributed by atoms with Crippen LogP contribution in [0.1, 0.15) is 16.7 Å². The van der Waals surface area contributed by atoms with E-state index in [2.05, 4.69) is 15.8 Å². The summed E-state index contributed by atoms with van der Waals surface area (Å²) in [6.07, 6.45) is 1.41. The third-order valence-corrected chi connectivity index (χ3v) is 4.73. The third kappa shape index (κ3) is 6.33. The quantitative estimate of drug-likeness (QED) is 0.318. The van der Waals surface area contributed by atoms with E-state index in [9.17, 15) is 9.59 Å². The molecule has 32 heavy (non-hydrogen) atoms. The minimum Gasteiger partial charge on any atom is -0.493 e. The molecule has 7 nitrogen and oxygen atoms in total. The maximum absolute atomic E-state index is 12.0. The maximum Gasteiger partial charge on any atom is 0.329 e. The Labute approximate surface area is 191 Å². The van der Waals surface area contributed by atoms with Gasteiger partial charge in [0.25, 0.3) is 0 Å². The number of hydrogen-bond acceptors (Lipinski definition) is 5. The summed E-state index contributed by atoms with van der Waals surface area (Å²) in [6, 6.07) is 19.7. The number of hydrogen-bond donors (Lipinski definition) is 2. The highest BCUT2D eigenvalue weighted by molar-refractivity contribution is 6.39. The molecule has 0 fully saturated rings. The van der Waals surface area contributed by atoms with Crippen molar-refractivity contribution in [3.63, 3.8) is 0 Å². The first kappa shape index (κ1) is 22.8. The van der Waals surface area contributed by atoms with Gasteiger partial charge in [-0.05, 0) is 60.0 Å². The number of aryl methyl sites for hydroxylation is 1. The lowest BCUT2D eigenvalue weighted by molar-refractivity contribution is -0.136. The number of para-hydroxylation sites is 1. The van der Waals surface area contributed by atoms with E-state index in [-0.39, 0.29) is 0 Å². The molecule has 0 aromatic heterocycles. The number of carbonyl (C=O) groups is 2. The lowest BCUT2D eigenvalue weighted by Crippen LogP contribution is -2.32. The first-order valence-electron chi connectivity index (χ1n) is 9.71. The van der Waals surface area contributed by atoms with Gasteiger partial charge in [-0.15, -0.1) is 0 Å². The number of benzene rings is 3. The van der Waals surface area contributed by atoms with Crippen LogP contribution in [0, 0.1) is 6.92 Å². The highest BCUT2D eigenvalue weighted by Gasteiger charge is 2.13. The molecule has 0 radical (unpaired) electrons. The van der Waals surface area contributed by atoms with Gasteiger partial charge in [-0.1, -0.05) is 41.9 Å². The van der Waals surface area contributed by atoms with E-state index in [0.717, 1.165) is 11.1 Å². The van der Waals surface area contributed by atoms with Crippen molar-refractivity contribution in [2.45, 2.75) is 13.5 Å². The Morgan fingerprint density at radius 2 is 1.75 bits per heavy atom. The number of hydrazone groups is 1. The van der Waals surface area contributed by atoms with Crippen LogP contribution in [0.4, 0.5) is 5.69 Å². The summed E-state index contributed by atoms with van der Waals surface area (Å²) < 4.78 is 11.2. The number of nitrogens with zero attached hydrogens (tertiary/aromatic N) is 1. The number of ether oxygens (including phenoxy) is 2. The average molecular weight is 452 g/mol. The Bertz CT molecular complexity index is 1130. The van der Waals surface area contributed by atoms with Gasteiger partial charge in [0.05, 0.1) is 13.3 Å². The molecular formula is C24H22ClN3O4. The van der Waals surface area contributed by atoms with E-state index in [1.807, 2.05) is 31.2 Å². The van der Waals surface area contributed by atoms with E-state index < -0.39 is 11.8 Å². The smallest absolute Gasteiger partial charge is 0.329 e. The van der Waals surface area contributed by atoms with Crippen molar-refractivity contribution in [3.8, 4) is 11.5 Å². The SMILES string of the molecule is COc1cc(C=NNC(=O)C(=O)Nc2ccccc2C)ccc1OCc1ccc(Cl)cc1. The highest BCUT2D eigenvalue weighted by Crippen LogP contribution is 2.28. The van der Waals surface area contributed by atoms with Crippen molar-refractivity contribution in [1.82, 2.24) is 5.43 Å². The second-order valence-corrected chi connectivity index (χ2v) is 7.23. The van der Waals surface area contributed by atoms with Crippen molar-refractivity contribution in [3.05, 3.63) is 88.4 Å². The molecule has 0 bridgehead atoms. The van der Waals surface area contributed by atoms with Crippen LogP contribution >= 0.6 is 11.6 Å². The number of methoxy groups -OCH3 is 1. The second-order valence-electron chi connectivity index (χ2n) is 6.79. The topological polar surface area (TPSA) is 89.0 Å². The molecule has 3 aromatic rings. The van der Waals surface area contributed by atoms with Gasteiger partial charge in [0, 0.05) is 10.7 Å². The zero-order valence-electron chi connectivity index (χ0n) is 17.6. The van der Waals surface area contributed by atoms with Gasteiger partial charge in [-0.25, -0.2) is 5.43 Å². The van der Waals surface area contributed by atoms with Gasteiger partial charge < -0.3 is 14.8 Å². The lowest BCUT2D eigenvalue weighted by atomic mass is 10.2. The Morgan fingerprint density at radius 3 is 2.47 bits per heavy atom. The van der Waals surface area contributed by atoms with E-state index in [1.54, 1.807) is 42.5 Å². The lowest BCUT2D eigenvalue weighted by Gasteiger charge is -2.11. The molecule has 0 spiro atoms. The molecule has 3 aromatic carbocycles. The Morgan fingerprint density at radius 1 is 1.00 bits per heavy atom. The van der Waals surface area contributed by atoms with Crippen LogP contribution in [-0.2, 0) is 16.2 Å². The Balaban J connectivity index is 1.57. The predicted molar refractivity (Wildman–Crippen MR) is 124 cm³/mol. The largest absolute Gasteiger partial charge is 0.493 e. The van der Waals surface area contributed by atoms with Gasteiger partial charge in [-0.3, -0.25) is 9.59 Å². The van der Waals surface area contributed by atoms with Crippen LogP contribution in [0.5, 0.6) is 11.5 Å². The van der Waals surface area contributed by atoms with Gasteiger partial charge >= 0.3 is 11.8 Å². The van der Waals surface area contributed by atoms with Crippen LogP contribution in [0.25, 0.3) is 0 Å². The predicted octanol–water partition coefficient (Wildman–Crippen LogP) is 4.32. The van der Waals surface area contributed by atoms with Gasteiger partial charge in [0.15, 0.2) is 11.5 Å². The number of anilines is 1. The fourth-order valence-corrected chi connectivity index (χ4v) is 2.86. The maximum atomic E-state index is 12.0. The van der Waals surface area contributed by atoms with Gasteiger partial charge in [-0.2, -0.15) is 5.10 Å². The van der Waals surface area contributed by atoms with Crippen molar-refractivity contribution in [2.24, 2.45) is 5.10 Å². The zero-order valence-corrected chi connectivity index (χ0v) is 18.3. The minimum absolute atomic E-state index is 0.354. The monoisotopic (exact) mass is 451 g/mol. The van der Waals surface area contributed by atoms with E-state index in [1.165, 1.54) is 13.3 Å². The molecule has 0 aliphatic carbocycles. The number of nitrogens with one attached hydrogen (secondary N) is 2.